The average molecular weight is 469 g/mol. The molecular weight excluding hydrogens is 432 g/mol. The van der Waals surface area contributed by atoms with Crippen molar-refractivity contribution in [2.75, 3.05) is 44.3 Å². The number of amides is 1. The number of benzene rings is 1. The maximum atomic E-state index is 12.7. The first kappa shape index (κ1) is 26.1. The maximum absolute atomic E-state index is 12.7. The van der Waals surface area contributed by atoms with Crippen LogP contribution in [0.15, 0.2) is 24.3 Å². The van der Waals surface area contributed by atoms with Gasteiger partial charge in [0, 0.05) is 32.1 Å². The lowest BCUT2D eigenvalue weighted by atomic mass is 9.96. The Kier molecular flexibility index (Phi) is 10.4. The third-order valence-electron chi connectivity index (χ3n) is 6.05. The molecule has 180 valence electrons. The van der Waals surface area contributed by atoms with Gasteiger partial charge in [0.15, 0.2) is 9.84 Å². The number of ether oxygens (including phenoxy) is 1. The summed E-state index contributed by atoms with van der Waals surface area (Å²) < 4.78 is 29.1. The molecule has 2 unspecified atom stereocenters. The molecule has 0 bridgehead atoms. The van der Waals surface area contributed by atoms with Crippen molar-refractivity contribution in [2.45, 2.75) is 39.7 Å². The summed E-state index contributed by atoms with van der Waals surface area (Å²) in [5.74, 6) is 1.78. The van der Waals surface area contributed by atoms with Crippen LogP contribution in [0.25, 0.3) is 0 Å². The number of hydrogen-bond donors (Lipinski definition) is 1. The number of likely N-dealkylation sites (tertiary alicyclic amines) is 1. The molecular formula is C23H36N2O6S. The summed E-state index contributed by atoms with van der Waals surface area (Å²) in [7, 11) is -2.87. The Labute approximate surface area is 191 Å². The van der Waals surface area contributed by atoms with E-state index >= 15 is 0 Å². The minimum atomic E-state index is -2.87. The molecule has 1 aromatic carbocycles. The van der Waals surface area contributed by atoms with E-state index in [4.69, 9.17) is 14.6 Å². The SMILES string of the molecule is CCN(CC)C(=O)C1CCCN(Cc2cccc(OCC3CCS(=O)(=O)C3)c2)C1.O=CO. The van der Waals surface area contributed by atoms with Crippen molar-refractivity contribution < 1.29 is 27.9 Å². The molecule has 0 spiro atoms. The van der Waals surface area contributed by atoms with E-state index in [-0.39, 0.29) is 35.7 Å². The molecule has 3 rings (SSSR count). The predicted octanol–water partition coefficient (Wildman–Crippen LogP) is 2.28. The van der Waals surface area contributed by atoms with Crippen LogP contribution < -0.4 is 4.74 Å². The zero-order valence-electron chi connectivity index (χ0n) is 19.1. The second-order valence-electron chi connectivity index (χ2n) is 8.42. The first-order chi connectivity index (χ1) is 15.3. The summed E-state index contributed by atoms with van der Waals surface area (Å²) >= 11 is 0. The van der Waals surface area contributed by atoms with Crippen molar-refractivity contribution in [1.82, 2.24) is 9.80 Å². The lowest BCUT2D eigenvalue weighted by Gasteiger charge is -2.34. The van der Waals surface area contributed by atoms with E-state index < -0.39 is 9.84 Å². The molecule has 8 nitrogen and oxygen atoms in total. The molecule has 2 aliphatic heterocycles. The van der Waals surface area contributed by atoms with Gasteiger partial charge >= 0.3 is 0 Å². The van der Waals surface area contributed by atoms with Crippen molar-refractivity contribution in [3.8, 4) is 5.75 Å². The van der Waals surface area contributed by atoms with Crippen LogP contribution in [0.4, 0.5) is 0 Å². The Bertz CT molecular complexity index is 841. The number of piperidine rings is 1. The van der Waals surface area contributed by atoms with Crippen LogP contribution in [0.1, 0.15) is 38.7 Å². The number of nitrogens with zero attached hydrogens (tertiary/aromatic N) is 2. The highest BCUT2D eigenvalue weighted by atomic mass is 32.2. The first-order valence-electron chi connectivity index (χ1n) is 11.3. The summed E-state index contributed by atoms with van der Waals surface area (Å²) in [6.07, 6.45) is 2.71. The Morgan fingerprint density at radius 3 is 2.62 bits per heavy atom. The van der Waals surface area contributed by atoms with Crippen molar-refractivity contribution >= 4 is 22.2 Å². The molecule has 9 heteroatoms. The molecule has 0 aliphatic carbocycles. The van der Waals surface area contributed by atoms with E-state index in [1.165, 1.54) is 0 Å². The average Bonchev–Trinajstić information content (AvgIpc) is 3.13. The molecule has 1 N–H and O–H groups in total. The highest BCUT2D eigenvalue weighted by Gasteiger charge is 2.29. The standard InChI is InChI=1S/C22H34N2O4S.CH2O2/c1-3-24(4-2)22(25)20-8-6-11-23(15-20)14-18-7-5-9-21(13-18)28-16-19-10-12-29(26,27)17-19;2-1-3/h5,7,9,13,19-20H,3-4,6,8,10-12,14-17H2,1-2H3;1H,(H,2,3). The van der Waals surface area contributed by atoms with Crippen molar-refractivity contribution in [1.29, 1.82) is 0 Å². The molecule has 1 aromatic rings. The Morgan fingerprint density at radius 1 is 1.28 bits per heavy atom. The first-order valence-corrected chi connectivity index (χ1v) is 13.1. The zero-order chi connectivity index (χ0) is 23.6. The van der Waals surface area contributed by atoms with Crippen LogP contribution in [0.2, 0.25) is 0 Å². The fourth-order valence-corrected chi connectivity index (χ4v) is 6.24. The number of carboxylic acid groups (broad SMARTS) is 1. The van der Waals surface area contributed by atoms with Crippen LogP contribution in [0.5, 0.6) is 5.75 Å². The van der Waals surface area contributed by atoms with Crippen molar-refractivity contribution in [3.63, 3.8) is 0 Å². The molecule has 2 heterocycles. The number of rotatable bonds is 8. The summed E-state index contributed by atoms with van der Waals surface area (Å²) in [6, 6.07) is 8.04. The van der Waals surface area contributed by atoms with Crippen LogP contribution >= 0.6 is 0 Å². The van der Waals surface area contributed by atoms with Crippen LogP contribution in [0.3, 0.4) is 0 Å². The van der Waals surface area contributed by atoms with Gasteiger partial charge in [-0.3, -0.25) is 14.5 Å². The fraction of sp³-hybridized carbons (Fsp3) is 0.652. The molecule has 0 aromatic heterocycles. The van der Waals surface area contributed by atoms with Crippen LogP contribution in [-0.4, -0.2) is 80.0 Å². The van der Waals surface area contributed by atoms with Gasteiger partial charge in [0.2, 0.25) is 5.91 Å². The molecule has 2 atom stereocenters. The van der Waals surface area contributed by atoms with Gasteiger partial charge in [0.25, 0.3) is 6.47 Å². The second-order valence-corrected chi connectivity index (χ2v) is 10.6. The van der Waals surface area contributed by atoms with Gasteiger partial charge < -0.3 is 14.7 Å². The highest BCUT2D eigenvalue weighted by molar-refractivity contribution is 7.91. The summed E-state index contributed by atoms with van der Waals surface area (Å²) in [6.45, 7) is 8.43. The van der Waals surface area contributed by atoms with Gasteiger partial charge in [0.1, 0.15) is 5.75 Å². The number of sulfone groups is 1. The van der Waals surface area contributed by atoms with E-state index in [2.05, 4.69) is 11.0 Å². The van der Waals surface area contributed by atoms with Crippen molar-refractivity contribution in [3.05, 3.63) is 29.8 Å². The van der Waals surface area contributed by atoms with Crippen LogP contribution in [-0.2, 0) is 26.0 Å². The Morgan fingerprint density at radius 2 is 2.00 bits per heavy atom. The smallest absolute Gasteiger partial charge is 0.290 e. The van der Waals surface area contributed by atoms with E-state index in [9.17, 15) is 13.2 Å². The van der Waals surface area contributed by atoms with E-state index in [1.54, 1.807) is 0 Å². The number of carbonyl (C=O) groups excluding carboxylic acids is 1. The molecule has 0 saturated carbocycles. The maximum Gasteiger partial charge on any atom is 0.290 e. The second kappa shape index (κ2) is 12.8. The molecule has 2 saturated heterocycles. The minimum absolute atomic E-state index is 0.0902. The molecule has 2 aliphatic rings. The Balaban J connectivity index is 0.00000114. The van der Waals surface area contributed by atoms with Gasteiger partial charge in [-0.15, -0.1) is 0 Å². The third kappa shape index (κ3) is 8.09. The summed E-state index contributed by atoms with van der Waals surface area (Å²) in [5.41, 5.74) is 1.16. The largest absolute Gasteiger partial charge is 0.493 e. The quantitative estimate of drug-likeness (QED) is 0.584. The summed E-state index contributed by atoms with van der Waals surface area (Å²) in [5, 5.41) is 6.89. The Hall–Kier alpha value is -2.13. The van der Waals surface area contributed by atoms with Crippen molar-refractivity contribution in [2.24, 2.45) is 11.8 Å². The third-order valence-corrected chi connectivity index (χ3v) is 7.88. The van der Waals surface area contributed by atoms with Crippen LogP contribution in [0, 0.1) is 11.8 Å². The zero-order valence-corrected chi connectivity index (χ0v) is 19.9. The fourth-order valence-electron chi connectivity index (χ4n) is 4.40. The minimum Gasteiger partial charge on any atom is -0.493 e. The van der Waals surface area contributed by atoms with E-state index in [0.717, 1.165) is 56.9 Å². The van der Waals surface area contributed by atoms with Gasteiger partial charge in [-0.25, -0.2) is 8.42 Å². The monoisotopic (exact) mass is 468 g/mol. The number of carbonyl (C=O) groups is 2. The number of hydrogen-bond acceptors (Lipinski definition) is 6. The van der Waals surface area contributed by atoms with E-state index in [1.807, 2.05) is 36.9 Å². The lowest BCUT2D eigenvalue weighted by Crippen LogP contribution is -2.44. The highest BCUT2D eigenvalue weighted by Crippen LogP contribution is 2.24. The van der Waals surface area contributed by atoms with E-state index in [0.29, 0.717) is 13.0 Å². The van der Waals surface area contributed by atoms with Gasteiger partial charge in [-0.05, 0) is 57.4 Å². The normalized spacial score (nSPS) is 22.4. The lowest BCUT2D eigenvalue weighted by molar-refractivity contribution is -0.137. The predicted molar refractivity (Wildman–Crippen MR) is 123 cm³/mol. The summed E-state index contributed by atoms with van der Waals surface area (Å²) in [4.78, 5) is 25.4. The molecule has 2 fully saturated rings. The topological polar surface area (TPSA) is 104 Å². The van der Waals surface area contributed by atoms with Gasteiger partial charge in [-0.1, -0.05) is 12.1 Å². The molecule has 32 heavy (non-hydrogen) atoms. The van der Waals surface area contributed by atoms with Gasteiger partial charge in [0.05, 0.1) is 24.0 Å². The molecule has 1 amide bonds. The molecule has 0 radical (unpaired) electrons. The van der Waals surface area contributed by atoms with Gasteiger partial charge in [-0.2, -0.15) is 0 Å².